The number of sulfonamides is 1. The lowest BCUT2D eigenvalue weighted by molar-refractivity contribution is 0.0702. The van der Waals surface area contributed by atoms with Gasteiger partial charge in [-0.1, -0.05) is 6.07 Å². The molecule has 6 nitrogen and oxygen atoms in total. The van der Waals surface area contributed by atoms with Crippen molar-refractivity contribution in [3.05, 3.63) is 51.2 Å². The fraction of sp³-hybridized carbons (Fsp3) is 0.389. The van der Waals surface area contributed by atoms with Crippen LogP contribution in [0.2, 0.25) is 0 Å². The van der Waals surface area contributed by atoms with Gasteiger partial charge in [-0.25, -0.2) is 13.2 Å². The summed E-state index contributed by atoms with van der Waals surface area (Å²) in [7, 11) is -3.47. The van der Waals surface area contributed by atoms with E-state index in [1.165, 1.54) is 15.6 Å². The predicted octanol–water partition coefficient (Wildman–Crippen LogP) is 2.57. The predicted molar refractivity (Wildman–Crippen MR) is 101 cm³/mol. The number of aromatic carboxylic acids is 1. The van der Waals surface area contributed by atoms with Crippen LogP contribution in [0, 0.1) is 13.8 Å². The van der Waals surface area contributed by atoms with Crippen molar-refractivity contribution in [1.29, 1.82) is 0 Å². The van der Waals surface area contributed by atoms with Gasteiger partial charge < -0.3 is 5.11 Å². The van der Waals surface area contributed by atoms with Crippen molar-refractivity contribution in [1.82, 2.24) is 9.21 Å². The third-order valence-electron chi connectivity index (χ3n) is 4.72. The van der Waals surface area contributed by atoms with E-state index in [1.807, 2.05) is 25.3 Å². The minimum absolute atomic E-state index is 0.330. The van der Waals surface area contributed by atoms with Gasteiger partial charge in [-0.05, 0) is 54.1 Å². The molecule has 1 saturated heterocycles. The lowest BCUT2D eigenvalue weighted by atomic mass is 10.1. The number of hydrogen-bond donors (Lipinski definition) is 1. The van der Waals surface area contributed by atoms with Crippen molar-refractivity contribution in [2.24, 2.45) is 0 Å². The molecule has 2 heterocycles. The zero-order valence-electron chi connectivity index (χ0n) is 14.8. The first-order valence-corrected chi connectivity index (χ1v) is 10.7. The Morgan fingerprint density at radius 1 is 1.12 bits per heavy atom. The van der Waals surface area contributed by atoms with Crippen LogP contribution in [-0.4, -0.2) is 54.9 Å². The van der Waals surface area contributed by atoms with Crippen molar-refractivity contribution < 1.29 is 18.3 Å². The van der Waals surface area contributed by atoms with Crippen LogP contribution in [0.5, 0.6) is 0 Å². The number of aryl methyl sites for hydroxylation is 2. The summed E-state index contributed by atoms with van der Waals surface area (Å²) in [5, 5.41) is 10.8. The third kappa shape index (κ3) is 3.98. The second-order valence-electron chi connectivity index (χ2n) is 6.55. The van der Waals surface area contributed by atoms with E-state index in [0.717, 1.165) is 16.7 Å². The molecule has 0 spiro atoms. The van der Waals surface area contributed by atoms with Gasteiger partial charge in [0.05, 0.1) is 4.90 Å². The fourth-order valence-corrected chi connectivity index (χ4v) is 5.23. The zero-order chi connectivity index (χ0) is 18.9. The molecule has 1 aromatic heterocycles. The summed E-state index contributed by atoms with van der Waals surface area (Å²) in [6.45, 7) is 6.64. The molecule has 0 unspecified atom stereocenters. The highest BCUT2D eigenvalue weighted by Crippen LogP contribution is 2.22. The largest absolute Gasteiger partial charge is 0.477 e. The van der Waals surface area contributed by atoms with Crippen LogP contribution in [-0.2, 0) is 16.6 Å². The standard InChI is InChI=1S/C18H22N2O4S2/c1-13-3-4-16(9-14(13)2)26(23,24)20-7-5-19(6-8-20)11-15-10-17(18(21)22)25-12-15/h3-4,9-10,12H,5-8,11H2,1-2H3,(H,21,22). The SMILES string of the molecule is Cc1ccc(S(=O)(=O)N2CCN(Cc3csc(C(=O)O)c3)CC2)cc1C. The van der Waals surface area contributed by atoms with Crippen molar-refractivity contribution in [2.75, 3.05) is 26.2 Å². The van der Waals surface area contributed by atoms with Crippen molar-refractivity contribution in [3.63, 3.8) is 0 Å². The molecule has 1 aliphatic rings. The third-order valence-corrected chi connectivity index (χ3v) is 7.58. The Labute approximate surface area is 157 Å². The molecule has 8 heteroatoms. The zero-order valence-corrected chi connectivity index (χ0v) is 16.4. The van der Waals surface area contributed by atoms with Gasteiger partial charge in [0.15, 0.2) is 0 Å². The fourth-order valence-electron chi connectivity index (χ4n) is 2.98. The number of piperazine rings is 1. The normalized spacial score (nSPS) is 16.7. The van der Waals surface area contributed by atoms with Gasteiger partial charge in [0.25, 0.3) is 0 Å². The van der Waals surface area contributed by atoms with E-state index in [1.54, 1.807) is 18.2 Å². The van der Waals surface area contributed by atoms with Crippen molar-refractivity contribution in [3.8, 4) is 0 Å². The molecule has 2 aromatic rings. The van der Waals surface area contributed by atoms with Gasteiger partial charge in [-0.2, -0.15) is 4.31 Å². The van der Waals surface area contributed by atoms with E-state index in [2.05, 4.69) is 4.90 Å². The highest BCUT2D eigenvalue weighted by Gasteiger charge is 2.28. The molecule has 1 N–H and O–H groups in total. The van der Waals surface area contributed by atoms with Crippen molar-refractivity contribution in [2.45, 2.75) is 25.3 Å². The molecule has 0 amide bonds. The molecule has 0 bridgehead atoms. The first kappa shape index (κ1) is 19.0. The Kier molecular flexibility index (Phi) is 5.47. The number of rotatable bonds is 5. The maximum absolute atomic E-state index is 12.8. The van der Waals surface area contributed by atoms with Crippen LogP contribution in [0.1, 0.15) is 26.4 Å². The van der Waals surface area contributed by atoms with Crippen LogP contribution in [0.15, 0.2) is 34.5 Å². The van der Waals surface area contributed by atoms with E-state index in [0.29, 0.717) is 42.5 Å². The lowest BCUT2D eigenvalue weighted by Gasteiger charge is -2.33. The quantitative estimate of drug-likeness (QED) is 0.843. The summed E-state index contributed by atoms with van der Waals surface area (Å²) in [5.74, 6) is -0.912. The van der Waals surface area contributed by atoms with Gasteiger partial charge in [-0.3, -0.25) is 4.90 Å². The molecular formula is C18H22N2O4S2. The monoisotopic (exact) mass is 394 g/mol. The van der Waals surface area contributed by atoms with Crippen LogP contribution in [0.3, 0.4) is 0 Å². The highest BCUT2D eigenvalue weighted by molar-refractivity contribution is 7.89. The second-order valence-corrected chi connectivity index (χ2v) is 9.40. The van der Waals surface area contributed by atoms with Crippen LogP contribution >= 0.6 is 11.3 Å². The Balaban J connectivity index is 1.63. The van der Waals surface area contributed by atoms with E-state index in [4.69, 9.17) is 5.11 Å². The topological polar surface area (TPSA) is 77.9 Å². The number of thiophene rings is 1. The smallest absolute Gasteiger partial charge is 0.345 e. The van der Waals surface area contributed by atoms with Crippen LogP contribution in [0.25, 0.3) is 0 Å². The Morgan fingerprint density at radius 3 is 2.38 bits per heavy atom. The Morgan fingerprint density at radius 2 is 1.81 bits per heavy atom. The van der Waals surface area contributed by atoms with E-state index >= 15 is 0 Å². The summed E-state index contributed by atoms with van der Waals surface area (Å²) < 4.78 is 27.2. The number of carboxylic acids is 1. The van der Waals surface area contributed by atoms with Gasteiger partial charge in [0, 0.05) is 32.7 Å². The average Bonchev–Trinajstić information content (AvgIpc) is 3.06. The molecule has 140 valence electrons. The molecule has 0 saturated carbocycles. The van der Waals surface area contributed by atoms with E-state index in [-0.39, 0.29) is 0 Å². The van der Waals surface area contributed by atoms with E-state index < -0.39 is 16.0 Å². The molecule has 0 aliphatic carbocycles. The maximum Gasteiger partial charge on any atom is 0.345 e. The Hall–Kier alpha value is -1.74. The molecule has 1 aromatic carbocycles. The molecule has 1 fully saturated rings. The summed E-state index contributed by atoms with van der Waals surface area (Å²) >= 11 is 1.22. The molecule has 3 rings (SSSR count). The minimum atomic E-state index is -3.47. The van der Waals surface area contributed by atoms with Crippen LogP contribution < -0.4 is 0 Å². The number of carboxylic acid groups (broad SMARTS) is 1. The molecule has 26 heavy (non-hydrogen) atoms. The second kappa shape index (κ2) is 7.48. The van der Waals surface area contributed by atoms with Crippen LogP contribution in [0.4, 0.5) is 0 Å². The summed E-state index contributed by atoms with van der Waals surface area (Å²) in [5.41, 5.74) is 3.00. The number of hydrogen-bond acceptors (Lipinski definition) is 5. The van der Waals surface area contributed by atoms with Crippen molar-refractivity contribution >= 4 is 27.3 Å². The summed E-state index contributed by atoms with van der Waals surface area (Å²) in [4.78, 5) is 13.8. The summed E-state index contributed by atoms with van der Waals surface area (Å²) in [6.07, 6.45) is 0. The minimum Gasteiger partial charge on any atom is -0.477 e. The Bertz CT molecular complexity index is 913. The highest BCUT2D eigenvalue weighted by atomic mass is 32.2. The lowest BCUT2D eigenvalue weighted by Crippen LogP contribution is -2.48. The number of benzene rings is 1. The number of carbonyl (C=O) groups is 1. The van der Waals surface area contributed by atoms with Gasteiger partial charge >= 0.3 is 5.97 Å². The van der Waals surface area contributed by atoms with Gasteiger partial charge in [0.1, 0.15) is 4.88 Å². The van der Waals surface area contributed by atoms with E-state index in [9.17, 15) is 13.2 Å². The van der Waals surface area contributed by atoms with Gasteiger partial charge in [0.2, 0.25) is 10.0 Å². The molecule has 0 radical (unpaired) electrons. The maximum atomic E-state index is 12.8. The molecule has 0 atom stereocenters. The van der Waals surface area contributed by atoms with Gasteiger partial charge in [-0.15, -0.1) is 11.3 Å². The number of nitrogens with zero attached hydrogens (tertiary/aromatic N) is 2. The molecule has 1 aliphatic heterocycles. The first-order chi connectivity index (χ1) is 12.3. The average molecular weight is 395 g/mol. The summed E-state index contributed by atoms with van der Waals surface area (Å²) in [6, 6.07) is 6.93. The molecular weight excluding hydrogens is 372 g/mol. The first-order valence-electron chi connectivity index (χ1n) is 8.38.